The predicted octanol–water partition coefficient (Wildman–Crippen LogP) is 2.70. The molecule has 3 nitrogen and oxygen atoms in total. The van der Waals surface area contributed by atoms with Crippen molar-refractivity contribution in [2.45, 2.75) is 6.92 Å². The van der Waals surface area contributed by atoms with Gasteiger partial charge in [0.25, 0.3) is 0 Å². The first-order valence-corrected chi connectivity index (χ1v) is 4.92. The molecule has 0 radical (unpaired) electrons. The van der Waals surface area contributed by atoms with Crippen LogP contribution < -0.4 is 5.32 Å². The number of nitrogens with one attached hydrogen (secondary N) is 1. The largest absolute Gasteiger partial charge is 0.373 e. The van der Waals surface area contributed by atoms with Crippen molar-refractivity contribution in [3.05, 3.63) is 36.2 Å². The number of hydrogen-bond acceptors (Lipinski definition) is 3. The number of benzene rings is 1. The van der Waals surface area contributed by atoms with E-state index in [2.05, 4.69) is 15.3 Å². The first-order valence-electron chi connectivity index (χ1n) is 4.92. The molecule has 0 unspecified atom stereocenters. The first-order chi connectivity index (χ1) is 7.35. The molecule has 0 spiro atoms. The number of fused-ring (bicyclic) bond motifs is 1. The van der Waals surface area contributed by atoms with Crippen molar-refractivity contribution in [1.29, 1.82) is 0 Å². The van der Waals surface area contributed by atoms with E-state index < -0.39 is 0 Å². The molecule has 0 bridgehead atoms. The van der Waals surface area contributed by atoms with E-state index >= 15 is 0 Å². The first kappa shape index (κ1) is 9.65. The third kappa shape index (κ3) is 1.81. The summed E-state index contributed by atoms with van der Waals surface area (Å²) in [6, 6.07) is 7.97. The molecule has 1 aromatic carbocycles. The van der Waals surface area contributed by atoms with Gasteiger partial charge in [0.05, 0.1) is 5.52 Å². The molecule has 1 heterocycles. The Labute approximate surface area is 88.9 Å². The summed E-state index contributed by atoms with van der Waals surface area (Å²) in [5, 5.41) is 4.13. The quantitative estimate of drug-likeness (QED) is 0.808. The van der Waals surface area contributed by atoms with Crippen LogP contribution in [-0.4, -0.2) is 17.0 Å². The summed E-state index contributed by atoms with van der Waals surface area (Å²) in [4.78, 5) is 8.84. The van der Waals surface area contributed by atoms with E-state index in [1.807, 2.05) is 50.4 Å². The van der Waals surface area contributed by atoms with Crippen LogP contribution >= 0.6 is 0 Å². The molecule has 0 aliphatic heterocycles. The maximum absolute atomic E-state index is 4.44. The Morgan fingerprint density at radius 3 is 2.73 bits per heavy atom. The Balaban J connectivity index is 2.71. The van der Waals surface area contributed by atoms with E-state index in [-0.39, 0.29) is 0 Å². The Morgan fingerprint density at radius 1 is 1.20 bits per heavy atom. The van der Waals surface area contributed by atoms with Crippen LogP contribution in [0.5, 0.6) is 0 Å². The van der Waals surface area contributed by atoms with Crippen LogP contribution in [-0.2, 0) is 0 Å². The van der Waals surface area contributed by atoms with Crippen LogP contribution in [0.3, 0.4) is 0 Å². The molecule has 1 aromatic heterocycles. The van der Waals surface area contributed by atoms with Gasteiger partial charge in [-0.25, -0.2) is 9.97 Å². The number of rotatable bonds is 2. The molecule has 0 saturated carbocycles. The zero-order chi connectivity index (χ0) is 10.7. The van der Waals surface area contributed by atoms with E-state index in [0.717, 1.165) is 22.5 Å². The molecule has 0 aliphatic rings. The third-order valence-corrected chi connectivity index (χ3v) is 2.17. The van der Waals surface area contributed by atoms with Crippen LogP contribution in [0.4, 0.5) is 5.82 Å². The molecule has 0 fully saturated rings. The standard InChI is InChI=1S/C12H13N3/c1-3-6-11-14-10-8-5-4-7-9(10)12(13-2)15-11/h3-8H,1-2H3,(H,13,14,15). The van der Waals surface area contributed by atoms with Gasteiger partial charge in [-0.3, -0.25) is 0 Å². The normalized spacial score (nSPS) is 11.1. The van der Waals surface area contributed by atoms with E-state index in [1.165, 1.54) is 0 Å². The second-order valence-corrected chi connectivity index (χ2v) is 3.20. The molecule has 0 atom stereocenters. The average molecular weight is 199 g/mol. The molecular weight excluding hydrogens is 186 g/mol. The summed E-state index contributed by atoms with van der Waals surface area (Å²) in [7, 11) is 1.87. The number of aromatic nitrogens is 2. The SMILES string of the molecule is CC=Cc1nc(NC)c2ccccc2n1. The molecule has 0 amide bonds. The van der Waals surface area contributed by atoms with Gasteiger partial charge in [-0.05, 0) is 25.1 Å². The molecule has 0 aliphatic carbocycles. The number of para-hydroxylation sites is 1. The topological polar surface area (TPSA) is 37.8 Å². The molecule has 3 heteroatoms. The van der Waals surface area contributed by atoms with Crippen molar-refractivity contribution in [2.75, 3.05) is 12.4 Å². The molecule has 2 aromatic rings. The highest BCUT2D eigenvalue weighted by Crippen LogP contribution is 2.19. The summed E-state index contributed by atoms with van der Waals surface area (Å²) in [5.74, 6) is 1.61. The number of hydrogen-bond donors (Lipinski definition) is 1. The summed E-state index contributed by atoms with van der Waals surface area (Å²) < 4.78 is 0. The van der Waals surface area contributed by atoms with Crippen LogP contribution in [0.2, 0.25) is 0 Å². The predicted molar refractivity (Wildman–Crippen MR) is 63.8 cm³/mol. The van der Waals surface area contributed by atoms with Crippen molar-refractivity contribution in [3.8, 4) is 0 Å². The van der Waals surface area contributed by atoms with Gasteiger partial charge in [0.2, 0.25) is 0 Å². The van der Waals surface area contributed by atoms with E-state index in [9.17, 15) is 0 Å². The van der Waals surface area contributed by atoms with Crippen LogP contribution in [0, 0.1) is 0 Å². The Kier molecular flexibility index (Phi) is 2.63. The second kappa shape index (κ2) is 4.09. The number of nitrogens with zero attached hydrogens (tertiary/aromatic N) is 2. The lowest BCUT2D eigenvalue weighted by Crippen LogP contribution is -1.98. The molecule has 1 N–H and O–H groups in total. The molecule has 0 saturated heterocycles. The fourth-order valence-corrected chi connectivity index (χ4v) is 1.51. The Hall–Kier alpha value is -1.90. The lowest BCUT2D eigenvalue weighted by atomic mass is 10.2. The highest BCUT2D eigenvalue weighted by molar-refractivity contribution is 5.89. The highest BCUT2D eigenvalue weighted by atomic mass is 15.0. The van der Waals surface area contributed by atoms with E-state index in [1.54, 1.807) is 0 Å². The van der Waals surface area contributed by atoms with Crippen molar-refractivity contribution >= 4 is 22.8 Å². The minimum absolute atomic E-state index is 0.737. The molecule has 76 valence electrons. The third-order valence-electron chi connectivity index (χ3n) is 2.17. The van der Waals surface area contributed by atoms with E-state index in [0.29, 0.717) is 0 Å². The summed E-state index contributed by atoms with van der Waals surface area (Å²) >= 11 is 0. The zero-order valence-electron chi connectivity index (χ0n) is 8.86. The molecule has 2 rings (SSSR count). The van der Waals surface area contributed by atoms with E-state index in [4.69, 9.17) is 0 Å². The van der Waals surface area contributed by atoms with Crippen LogP contribution in [0.1, 0.15) is 12.7 Å². The van der Waals surface area contributed by atoms with Gasteiger partial charge in [-0.2, -0.15) is 0 Å². The maximum Gasteiger partial charge on any atom is 0.154 e. The van der Waals surface area contributed by atoms with Gasteiger partial charge in [0.1, 0.15) is 5.82 Å². The highest BCUT2D eigenvalue weighted by Gasteiger charge is 2.03. The lowest BCUT2D eigenvalue weighted by molar-refractivity contribution is 1.17. The minimum Gasteiger partial charge on any atom is -0.373 e. The van der Waals surface area contributed by atoms with Gasteiger partial charge in [0.15, 0.2) is 5.82 Å². The second-order valence-electron chi connectivity index (χ2n) is 3.20. The minimum atomic E-state index is 0.737. The Bertz CT molecular complexity index is 503. The van der Waals surface area contributed by atoms with Crippen molar-refractivity contribution in [1.82, 2.24) is 9.97 Å². The molecule has 15 heavy (non-hydrogen) atoms. The smallest absolute Gasteiger partial charge is 0.154 e. The zero-order valence-corrected chi connectivity index (χ0v) is 8.86. The Morgan fingerprint density at radius 2 is 2.00 bits per heavy atom. The lowest BCUT2D eigenvalue weighted by Gasteiger charge is -2.05. The van der Waals surface area contributed by atoms with Crippen LogP contribution in [0.15, 0.2) is 30.3 Å². The fraction of sp³-hybridized carbons (Fsp3) is 0.167. The summed E-state index contributed by atoms with van der Waals surface area (Å²) in [6.07, 6.45) is 3.83. The van der Waals surface area contributed by atoms with Gasteiger partial charge in [-0.1, -0.05) is 18.2 Å². The van der Waals surface area contributed by atoms with Gasteiger partial charge in [-0.15, -0.1) is 0 Å². The maximum atomic E-state index is 4.44. The monoisotopic (exact) mass is 199 g/mol. The van der Waals surface area contributed by atoms with Crippen molar-refractivity contribution < 1.29 is 0 Å². The molecular formula is C12H13N3. The summed E-state index contributed by atoms with van der Waals surface area (Å²) in [5.41, 5.74) is 0.963. The van der Waals surface area contributed by atoms with Crippen LogP contribution in [0.25, 0.3) is 17.0 Å². The fourth-order valence-electron chi connectivity index (χ4n) is 1.51. The van der Waals surface area contributed by atoms with Gasteiger partial charge < -0.3 is 5.32 Å². The van der Waals surface area contributed by atoms with Gasteiger partial charge in [0, 0.05) is 12.4 Å². The summed E-state index contributed by atoms with van der Waals surface area (Å²) in [6.45, 7) is 1.96. The van der Waals surface area contributed by atoms with Crippen molar-refractivity contribution in [3.63, 3.8) is 0 Å². The number of allylic oxidation sites excluding steroid dienone is 1. The average Bonchev–Trinajstić information content (AvgIpc) is 2.28. The number of anilines is 1. The van der Waals surface area contributed by atoms with Gasteiger partial charge >= 0.3 is 0 Å². The van der Waals surface area contributed by atoms with Crippen molar-refractivity contribution in [2.24, 2.45) is 0 Å².